The second-order valence-corrected chi connectivity index (χ2v) is 5.29. The van der Waals surface area contributed by atoms with Crippen LogP contribution in [0.1, 0.15) is 11.1 Å². The van der Waals surface area contributed by atoms with Crippen LogP contribution >= 0.6 is 23.4 Å². The molecule has 5 heteroatoms. The van der Waals surface area contributed by atoms with E-state index in [4.69, 9.17) is 22.5 Å². The molecule has 0 aromatic heterocycles. The van der Waals surface area contributed by atoms with Crippen LogP contribution in [0.5, 0.6) is 0 Å². The lowest BCUT2D eigenvalue weighted by Gasteiger charge is -2.08. The Morgan fingerprint density at radius 1 is 1.16 bits per heavy atom. The van der Waals surface area contributed by atoms with Crippen molar-refractivity contribution in [2.75, 3.05) is 0 Å². The van der Waals surface area contributed by atoms with Gasteiger partial charge in [0.15, 0.2) is 5.84 Å². The summed E-state index contributed by atoms with van der Waals surface area (Å²) in [4.78, 5) is 1.01. The van der Waals surface area contributed by atoms with Crippen LogP contribution in [-0.4, -0.2) is 11.0 Å². The minimum Gasteiger partial charge on any atom is -0.409 e. The van der Waals surface area contributed by atoms with Crippen molar-refractivity contribution in [3.8, 4) is 0 Å². The van der Waals surface area contributed by atoms with Gasteiger partial charge in [0.25, 0.3) is 0 Å². The van der Waals surface area contributed by atoms with Crippen molar-refractivity contribution in [3.63, 3.8) is 0 Å². The molecule has 0 amide bonds. The van der Waals surface area contributed by atoms with Crippen molar-refractivity contribution in [1.82, 2.24) is 0 Å². The highest BCUT2D eigenvalue weighted by Crippen LogP contribution is 2.30. The third-order valence-electron chi connectivity index (χ3n) is 2.62. The third kappa shape index (κ3) is 3.43. The molecule has 0 aliphatic carbocycles. The zero-order valence-corrected chi connectivity index (χ0v) is 11.7. The highest BCUT2D eigenvalue weighted by molar-refractivity contribution is 7.98. The number of oxime groups is 1. The summed E-state index contributed by atoms with van der Waals surface area (Å²) >= 11 is 7.73. The predicted octanol–water partition coefficient (Wildman–Crippen LogP) is 3.73. The van der Waals surface area contributed by atoms with Gasteiger partial charge in [-0.15, -0.1) is 11.8 Å². The van der Waals surface area contributed by atoms with Crippen LogP contribution in [0.2, 0.25) is 5.02 Å². The van der Waals surface area contributed by atoms with E-state index in [1.165, 1.54) is 0 Å². The van der Waals surface area contributed by atoms with E-state index in [0.717, 1.165) is 21.0 Å². The minimum absolute atomic E-state index is 0.121. The molecule has 3 nitrogen and oxygen atoms in total. The fourth-order valence-electron chi connectivity index (χ4n) is 1.67. The van der Waals surface area contributed by atoms with Crippen molar-refractivity contribution in [1.29, 1.82) is 0 Å². The van der Waals surface area contributed by atoms with E-state index in [1.807, 2.05) is 48.5 Å². The van der Waals surface area contributed by atoms with Gasteiger partial charge in [0, 0.05) is 16.2 Å². The molecule has 3 N–H and O–H groups in total. The highest BCUT2D eigenvalue weighted by atomic mass is 35.5. The topological polar surface area (TPSA) is 58.6 Å². The molecule has 0 heterocycles. The first kappa shape index (κ1) is 13.8. The van der Waals surface area contributed by atoms with Gasteiger partial charge in [0.05, 0.1) is 5.02 Å². The van der Waals surface area contributed by atoms with Crippen LogP contribution in [0.15, 0.2) is 58.6 Å². The summed E-state index contributed by atoms with van der Waals surface area (Å²) < 4.78 is 0. The SMILES string of the molecule is N/C(=N\O)c1ccccc1CSc1ccccc1Cl. The van der Waals surface area contributed by atoms with Crippen molar-refractivity contribution in [2.24, 2.45) is 10.9 Å². The van der Waals surface area contributed by atoms with Gasteiger partial charge in [-0.1, -0.05) is 53.2 Å². The van der Waals surface area contributed by atoms with Crippen LogP contribution in [0.4, 0.5) is 0 Å². The normalized spacial score (nSPS) is 11.5. The Balaban J connectivity index is 2.19. The summed E-state index contributed by atoms with van der Waals surface area (Å²) in [6.45, 7) is 0. The Hall–Kier alpha value is -1.65. The van der Waals surface area contributed by atoms with E-state index in [0.29, 0.717) is 5.75 Å². The monoisotopic (exact) mass is 292 g/mol. The summed E-state index contributed by atoms with van der Waals surface area (Å²) in [5.74, 6) is 0.825. The van der Waals surface area contributed by atoms with Gasteiger partial charge < -0.3 is 10.9 Å². The number of hydrogen-bond donors (Lipinski definition) is 2. The Morgan fingerprint density at radius 2 is 1.84 bits per heavy atom. The maximum atomic E-state index is 8.78. The molecule has 98 valence electrons. The molecule has 0 unspecified atom stereocenters. The minimum atomic E-state index is 0.121. The molecule has 0 atom stereocenters. The first-order valence-electron chi connectivity index (χ1n) is 5.65. The fraction of sp³-hybridized carbons (Fsp3) is 0.0714. The van der Waals surface area contributed by atoms with Crippen molar-refractivity contribution in [3.05, 3.63) is 64.7 Å². The van der Waals surface area contributed by atoms with Crippen LogP contribution in [0.25, 0.3) is 0 Å². The molecule has 19 heavy (non-hydrogen) atoms. The molecule has 0 saturated heterocycles. The largest absolute Gasteiger partial charge is 0.409 e. The number of nitrogens with zero attached hydrogens (tertiary/aromatic N) is 1. The van der Waals surface area contributed by atoms with E-state index in [-0.39, 0.29) is 5.84 Å². The Labute approximate surface area is 121 Å². The number of hydrogen-bond acceptors (Lipinski definition) is 3. The van der Waals surface area contributed by atoms with Gasteiger partial charge in [-0.3, -0.25) is 0 Å². The molecule has 0 saturated carbocycles. The lowest BCUT2D eigenvalue weighted by atomic mass is 10.1. The van der Waals surface area contributed by atoms with Crippen LogP contribution in [0.3, 0.4) is 0 Å². The van der Waals surface area contributed by atoms with Gasteiger partial charge in [0.2, 0.25) is 0 Å². The van der Waals surface area contributed by atoms with Gasteiger partial charge in [-0.2, -0.15) is 0 Å². The van der Waals surface area contributed by atoms with Crippen LogP contribution in [0, 0.1) is 0 Å². The summed E-state index contributed by atoms with van der Waals surface area (Å²) in [6, 6.07) is 15.3. The highest BCUT2D eigenvalue weighted by Gasteiger charge is 2.07. The van der Waals surface area contributed by atoms with Gasteiger partial charge >= 0.3 is 0 Å². The smallest absolute Gasteiger partial charge is 0.170 e. The fourth-order valence-corrected chi connectivity index (χ4v) is 2.91. The number of nitrogens with two attached hydrogens (primary N) is 1. The summed E-state index contributed by atoms with van der Waals surface area (Å²) in [6.07, 6.45) is 0. The molecular formula is C14H13ClN2OS. The zero-order chi connectivity index (χ0) is 13.7. The molecule has 0 bridgehead atoms. The van der Waals surface area contributed by atoms with Crippen LogP contribution in [-0.2, 0) is 5.75 Å². The second-order valence-electron chi connectivity index (χ2n) is 3.86. The molecule has 0 aliphatic heterocycles. The van der Waals surface area contributed by atoms with E-state index in [1.54, 1.807) is 11.8 Å². The average molecular weight is 293 g/mol. The number of benzene rings is 2. The van der Waals surface area contributed by atoms with Crippen molar-refractivity contribution >= 4 is 29.2 Å². The summed E-state index contributed by atoms with van der Waals surface area (Å²) in [5.41, 5.74) is 7.40. The lowest BCUT2D eigenvalue weighted by Crippen LogP contribution is -2.15. The summed E-state index contributed by atoms with van der Waals surface area (Å²) in [7, 11) is 0. The maximum Gasteiger partial charge on any atom is 0.170 e. The van der Waals surface area contributed by atoms with Crippen molar-refractivity contribution < 1.29 is 5.21 Å². The maximum absolute atomic E-state index is 8.78. The van der Waals surface area contributed by atoms with Crippen LogP contribution < -0.4 is 5.73 Å². The van der Waals surface area contributed by atoms with E-state index in [2.05, 4.69) is 5.16 Å². The third-order valence-corrected chi connectivity index (χ3v) is 4.18. The van der Waals surface area contributed by atoms with E-state index < -0.39 is 0 Å². The number of halogens is 1. The van der Waals surface area contributed by atoms with Gasteiger partial charge in [-0.25, -0.2) is 0 Å². The number of rotatable bonds is 4. The Kier molecular flexibility index (Phi) is 4.71. The number of amidine groups is 1. The number of thioether (sulfide) groups is 1. The predicted molar refractivity (Wildman–Crippen MR) is 80.0 cm³/mol. The second kappa shape index (κ2) is 6.50. The molecule has 0 spiro atoms. The van der Waals surface area contributed by atoms with E-state index in [9.17, 15) is 0 Å². The average Bonchev–Trinajstić information content (AvgIpc) is 2.46. The quantitative estimate of drug-likeness (QED) is 0.297. The Morgan fingerprint density at radius 3 is 2.58 bits per heavy atom. The summed E-state index contributed by atoms with van der Waals surface area (Å²) in [5, 5.41) is 12.6. The van der Waals surface area contributed by atoms with Gasteiger partial charge in [-0.05, 0) is 17.7 Å². The molecule has 0 fully saturated rings. The molecule has 2 rings (SSSR count). The molecular weight excluding hydrogens is 280 g/mol. The van der Waals surface area contributed by atoms with Gasteiger partial charge in [0.1, 0.15) is 0 Å². The Bertz CT molecular complexity index is 602. The molecule has 2 aromatic carbocycles. The van der Waals surface area contributed by atoms with E-state index >= 15 is 0 Å². The lowest BCUT2D eigenvalue weighted by molar-refractivity contribution is 0.318. The van der Waals surface area contributed by atoms with Crippen molar-refractivity contribution in [2.45, 2.75) is 10.6 Å². The molecule has 0 aliphatic rings. The standard InChI is InChI=1S/C14H13ClN2OS/c15-12-7-3-4-8-13(12)19-9-10-5-1-2-6-11(10)14(16)17-18/h1-8,18H,9H2,(H2,16,17). The first-order valence-corrected chi connectivity index (χ1v) is 7.02. The zero-order valence-electron chi connectivity index (χ0n) is 10.1. The first-order chi connectivity index (χ1) is 9.22. The molecule has 2 aromatic rings. The molecule has 0 radical (unpaired) electrons.